The summed E-state index contributed by atoms with van der Waals surface area (Å²) < 4.78 is 7.13. The third-order valence-corrected chi connectivity index (χ3v) is 5.81. The number of carbonyl (C=O) groups excluding carboxylic acids is 1. The van der Waals surface area contributed by atoms with Crippen molar-refractivity contribution in [2.24, 2.45) is 0 Å². The molecule has 1 unspecified atom stereocenters. The second-order valence-electron chi connectivity index (χ2n) is 7.74. The first-order chi connectivity index (χ1) is 15.2. The van der Waals surface area contributed by atoms with Crippen LogP contribution >= 0.6 is 0 Å². The molecule has 156 valence electrons. The Morgan fingerprint density at radius 3 is 2.94 bits per heavy atom. The highest BCUT2D eigenvalue weighted by molar-refractivity contribution is 5.80. The Bertz CT molecular complexity index is 1220. The standard InChI is InChI=1S/C24H23N5O2/c1-31-20-7-2-6-18(14-20)19-9-10-22-24(26-27-29(22)16-19)21-8-4-12-28(21)23(30)13-17-5-3-11-25-15-17/h2-3,5-7,9-11,14-16,21H,4,8,12-13H2,1H3. The molecule has 0 N–H and O–H groups in total. The zero-order chi connectivity index (χ0) is 21.2. The van der Waals surface area contributed by atoms with Crippen molar-refractivity contribution in [3.05, 3.63) is 78.4 Å². The van der Waals surface area contributed by atoms with E-state index < -0.39 is 0 Å². The van der Waals surface area contributed by atoms with Crippen LogP contribution in [0.5, 0.6) is 5.75 Å². The Morgan fingerprint density at radius 1 is 1.16 bits per heavy atom. The van der Waals surface area contributed by atoms with E-state index in [-0.39, 0.29) is 11.9 Å². The molecular formula is C24H23N5O2. The van der Waals surface area contributed by atoms with Crippen molar-refractivity contribution in [2.75, 3.05) is 13.7 Å². The molecule has 0 bridgehead atoms. The van der Waals surface area contributed by atoms with Gasteiger partial charge in [0.1, 0.15) is 11.4 Å². The zero-order valence-electron chi connectivity index (χ0n) is 17.3. The largest absolute Gasteiger partial charge is 0.497 e. The number of amides is 1. The molecule has 1 aliphatic heterocycles. The first-order valence-electron chi connectivity index (χ1n) is 10.4. The van der Waals surface area contributed by atoms with Gasteiger partial charge in [-0.15, -0.1) is 5.10 Å². The summed E-state index contributed by atoms with van der Waals surface area (Å²) in [5, 5.41) is 8.82. The van der Waals surface area contributed by atoms with Crippen LogP contribution < -0.4 is 4.74 Å². The summed E-state index contributed by atoms with van der Waals surface area (Å²) >= 11 is 0. The van der Waals surface area contributed by atoms with Gasteiger partial charge in [-0.3, -0.25) is 9.78 Å². The summed E-state index contributed by atoms with van der Waals surface area (Å²) in [5.74, 6) is 0.912. The van der Waals surface area contributed by atoms with Crippen LogP contribution in [0.15, 0.2) is 67.1 Å². The van der Waals surface area contributed by atoms with Gasteiger partial charge in [0.05, 0.1) is 25.1 Å². The minimum Gasteiger partial charge on any atom is -0.497 e. The number of nitrogens with zero attached hydrogens (tertiary/aromatic N) is 5. The van der Waals surface area contributed by atoms with Gasteiger partial charge in [-0.25, -0.2) is 4.52 Å². The quantitative estimate of drug-likeness (QED) is 0.499. The van der Waals surface area contributed by atoms with Crippen molar-refractivity contribution in [3.63, 3.8) is 0 Å². The number of carbonyl (C=O) groups is 1. The van der Waals surface area contributed by atoms with E-state index in [4.69, 9.17) is 4.74 Å². The minimum absolute atomic E-state index is 0.0515. The summed E-state index contributed by atoms with van der Waals surface area (Å²) in [6.07, 6.45) is 7.64. The molecule has 1 aromatic carbocycles. The predicted octanol–water partition coefficient (Wildman–Crippen LogP) is 3.71. The molecule has 4 aromatic rings. The molecule has 7 nitrogen and oxygen atoms in total. The van der Waals surface area contributed by atoms with E-state index in [1.807, 2.05) is 53.6 Å². The molecule has 1 fully saturated rings. The fourth-order valence-corrected chi connectivity index (χ4v) is 4.25. The van der Waals surface area contributed by atoms with E-state index in [9.17, 15) is 4.79 Å². The monoisotopic (exact) mass is 413 g/mol. The smallest absolute Gasteiger partial charge is 0.227 e. The van der Waals surface area contributed by atoms with Crippen molar-refractivity contribution in [2.45, 2.75) is 25.3 Å². The first kappa shape index (κ1) is 19.2. The van der Waals surface area contributed by atoms with Gasteiger partial charge in [0.2, 0.25) is 5.91 Å². The molecule has 0 spiro atoms. The number of aromatic nitrogens is 4. The number of hydrogen-bond acceptors (Lipinski definition) is 5. The highest BCUT2D eigenvalue weighted by Crippen LogP contribution is 2.34. The molecule has 3 aromatic heterocycles. The third kappa shape index (κ3) is 3.74. The Hall–Kier alpha value is -3.74. The summed E-state index contributed by atoms with van der Waals surface area (Å²) in [7, 11) is 1.66. The highest BCUT2D eigenvalue weighted by atomic mass is 16.5. The third-order valence-electron chi connectivity index (χ3n) is 5.81. The number of likely N-dealkylation sites (tertiary alicyclic amines) is 1. The molecule has 1 atom stereocenters. The van der Waals surface area contributed by atoms with E-state index in [0.717, 1.165) is 53.0 Å². The Labute approximate surface area is 180 Å². The molecular weight excluding hydrogens is 390 g/mol. The second kappa shape index (κ2) is 8.18. The molecule has 5 rings (SSSR count). The highest BCUT2D eigenvalue weighted by Gasteiger charge is 2.33. The molecule has 4 heterocycles. The van der Waals surface area contributed by atoms with Crippen LogP contribution in [0, 0.1) is 0 Å². The normalized spacial score (nSPS) is 16.0. The van der Waals surface area contributed by atoms with Gasteiger partial charge in [-0.05, 0) is 48.2 Å². The Balaban J connectivity index is 1.42. The molecule has 1 aliphatic rings. The van der Waals surface area contributed by atoms with E-state index in [0.29, 0.717) is 6.42 Å². The van der Waals surface area contributed by atoms with E-state index >= 15 is 0 Å². The van der Waals surface area contributed by atoms with E-state index in [1.165, 1.54) is 0 Å². The lowest BCUT2D eigenvalue weighted by molar-refractivity contribution is -0.131. The average Bonchev–Trinajstić information content (AvgIpc) is 3.46. The fourth-order valence-electron chi connectivity index (χ4n) is 4.25. The maximum atomic E-state index is 13.0. The summed E-state index contributed by atoms with van der Waals surface area (Å²) in [6, 6.07) is 15.8. The maximum Gasteiger partial charge on any atom is 0.227 e. The van der Waals surface area contributed by atoms with Crippen LogP contribution in [-0.4, -0.2) is 44.3 Å². The van der Waals surface area contributed by atoms with Gasteiger partial charge in [0.15, 0.2) is 0 Å². The lowest BCUT2D eigenvalue weighted by Gasteiger charge is -2.23. The van der Waals surface area contributed by atoms with Crippen LogP contribution in [0.3, 0.4) is 0 Å². The van der Waals surface area contributed by atoms with Crippen molar-refractivity contribution >= 4 is 11.4 Å². The zero-order valence-corrected chi connectivity index (χ0v) is 17.3. The lowest BCUT2D eigenvalue weighted by Crippen LogP contribution is -2.32. The number of pyridine rings is 2. The predicted molar refractivity (Wildman–Crippen MR) is 117 cm³/mol. The molecule has 31 heavy (non-hydrogen) atoms. The van der Waals surface area contributed by atoms with Crippen molar-refractivity contribution in [1.29, 1.82) is 0 Å². The van der Waals surface area contributed by atoms with Crippen LogP contribution in [0.1, 0.15) is 30.1 Å². The number of rotatable bonds is 5. The van der Waals surface area contributed by atoms with Crippen LogP contribution in [-0.2, 0) is 11.2 Å². The summed E-state index contributed by atoms with van der Waals surface area (Å²) in [5.41, 5.74) is 4.78. The van der Waals surface area contributed by atoms with Crippen LogP contribution in [0.4, 0.5) is 0 Å². The SMILES string of the molecule is COc1cccc(-c2ccc3c(C4CCCN4C(=O)Cc4cccnc4)nnn3c2)c1. The Kier molecular flexibility index (Phi) is 5.08. The molecule has 1 amide bonds. The van der Waals surface area contributed by atoms with Crippen molar-refractivity contribution < 1.29 is 9.53 Å². The van der Waals surface area contributed by atoms with E-state index in [2.05, 4.69) is 21.4 Å². The molecule has 7 heteroatoms. The van der Waals surface area contributed by atoms with Gasteiger partial charge in [-0.1, -0.05) is 29.5 Å². The number of fused-ring (bicyclic) bond motifs is 1. The van der Waals surface area contributed by atoms with E-state index in [1.54, 1.807) is 24.0 Å². The van der Waals surface area contributed by atoms with Gasteiger partial charge < -0.3 is 9.64 Å². The maximum absolute atomic E-state index is 13.0. The number of hydrogen-bond donors (Lipinski definition) is 0. The number of benzene rings is 1. The topological polar surface area (TPSA) is 72.6 Å². The fraction of sp³-hybridized carbons (Fsp3) is 0.250. The second-order valence-corrected chi connectivity index (χ2v) is 7.74. The van der Waals surface area contributed by atoms with Gasteiger partial charge >= 0.3 is 0 Å². The van der Waals surface area contributed by atoms with Gasteiger partial charge in [0.25, 0.3) is 0 Å². The van der Waals surface area contributed by atoms with Gasteiger partial charge in [0, 0.05) is 30.7 Å². The Morgan fingerprint density at radius 2 is 2.10 bits per heavy atom. The molecule has 1 saturated heterocycles. The average molecular weight is 413 g/mol. The minimum atomic E-state index is -0.0515. The van der Waals surface area contributed by atoms with Crippen LogP contribution in [0.2, 0.25) is 0 Å². The van der Waals surface area contributed by atoms with Crippen molar-refractivity contribution in [3.8, 4) is 16.9 Å². The molecule has 0 aliphatic carbocycles. The first-order valence-corrected chi connectivity index (χ1v) is 10.4. The van der Waals surface area contributed by atoms with Gasteiger partial charge in [-0.2, -0.15) is 0 Å². The molecule has 0 saturated carbocycles. The number of methoxy groups -OCH3 is 1. The van der Waals surface area contributed by atoms with Crippen LogP contribution in [0.25, 0.3) is 16.6 Å². The lowest BCUT2D eigenvalue weighted by atomic mass is 10.1. The van der Waals surface area contributed by atoms with Crippen molar-refractivity contribution in [1.82, 2.24) is 24.7 Å². The number of ether oxygens (including phenoxy) is 1. The summed E-state index contributed by atoms with van der Waals surface area (Å²) in [4.78, 5) is 19.0. The molecule has 0 radical (unpaired) electrons. The summed E-state index contributed by atoms with van der Waals surface area (Å²) in [6.45, 7) is 0.741.